The molecule has 0 N–H and O–H groups in total. The van der Waals surface area contributed by atoms with Crippen molar-refractivity contribution in [1.29, 1.82) is 0 Å². The molecule has 4 nitrogen and oxygen atoms in total. The molecule has 0 spiro atoms. The molecule has 1 amide bonds. The van der Waals surface area contributed by atoms with Gasteiger partial charge in [0.1, 0.15) is 11.3 Å². The highest BCUT2D eigenvalue weighted by Gasteiger charge is 2.50. The first-order chi connectivity index (χ1) is 15.6. The molecule has 0 saturated carbocycles. The summed E-state index contributed by atoms with van der Waals surface area (Å²) in [6.07, 6.45) is 21.4. The monoisotopic (exact) mass is 531 g/mol. The van der Waals surface area contributed by atoms with E-state index in [2.05, 4.69) is 22.9 Å². The SMILES string of the molecule is CCCCCCCCCCCCCCCCC[C@H]1OC(C)(C)N(C(=O)OC(C)(C)C)[C@H]1CBr. The second-order valence-electron chi connectivity index (χ2n) is 11.4. The summed E-state index contributed by atoms with van der Waals surface area (Å²) >= 11 is 3.61. The minimum Gasteiger partial charge on any atom is -0.444 e. The second-order valence-corrected chi connectivity index (χ2v) is 12.1. The Morgan fingerprint density at radius 2 is 1.27 bits per heavy atom. The third-order valence-corrected chi connectivity index (χ3v) is 7.28. The van der Waals surface area contributed by atoms with Crippen LogP contribution in [0, 0.1) is 0 Å². The van der Waals surface area contributed by atoms with E-state index < -0.39 is 11.3 Å². The Morgan fingerprint density at radius 1 is 0.848 bits per heavy atom. The highest BCUT2D eigenvalue weighted by atomic mass is 79.9. The van der Waals surface area contributed by atoms with Gasteiger partial charge in [0.05, 0.1) is 12.1 Å². The number of unbranched alkanes of at least 4 members (excludes halogenated alkanes) is 14. The third kappa shape index (κ3) is 12.8. The molecule has 0 bridgehead atoms. The molecular weight excluding hydrogens is 478 g/mol. The molecule has 1 fully saturated rings. The maximum Gasteiger partial charge on any atom is 0.412 e. The van der Waals surface area contributed by atoms with Gasteiger partial charge < -0.3 is 9.47 Å². The lowest BCUT2D eigenvalue weighted by Crippen LogP contribution is -2.50. The number of alkyl halides is 1. The van der Waals surface area contributed by atoms with Crippen LogP contribution in [0.5, 0.6) is 0 Å². The van der Waals surface area contributed by atoms with Crippen molar-refractivity contribution in [3.05, 3.63) is 0 Å². The first-order valence-electron chi connectivity index (χ1n) is 13.9. The van der Waals surface area contributed by atoms with Gasteiger partial charge in [-0.1, -0.05) is 119 Å². The number of nitrogens with zero attached hydrogens (tertiary/aromatic N) is 1. The van der Waals surface area contributed by atoms with Crippen LogP contribution in [0.25, 0.3) is 0 Å². The molecule has 0 aliphatic carbocycles. The average molecular weight is 533 g/mol. The third-order valence-electron chi connectivity index (χ3n) is 6.62. The van der Waals surface area contributed by atoms with E-state index in [4.69, 9.17) is 9.47 Å². The van der Waals surface area contributed by atoms with E-state index in [-0.39, 0.29) is 18.2 Å². The fourth-order valence-electron chi connectivity index (χ4n) is 4.87. The van der Waals surface area contributed by atoms with Crippen LogP contribution < -0.4 is 0 Å². The number of halogens is 1. The number of hydrogen-bond acceptors (Lipinski definition) is 3. The molecule has 1 heterocycles. The minimum atomic E-state index is -0.638. The zero-order chi connectivity index (χ0) is 24.7. The van der Waals surface area contributed by atoms with Crippen molar-refractivity contribution in [1.82, 2.24) is 4.90 Å². The van der Waals surface area contributed by atoms with Crippen LogP contribution >= 0.6 is 15.9 Å². The predicted octanol–water partition coefficient (Wildman–Crippen LogP) is 9.38. The van der Waals surface area contributed by atoms with Crippen molar-refractivity contribution in [2.24, 2.45) is 0 Å². The Kier molecular flexibility index (Phi) is 15.3. The first-order valence-corrected chi connectivity index (χ1v) is 15.0. The topological polar surface area (TPSA) is 38.8 Å². The Morgan fingerprint density at radius 3 is 1.67 bits per heavy atom. The molecule has 1 saturated heterocycles. The van der Waals surface area contributed by atoms with Gasteiger partial charge in [-0.15, -0.1) is 0 Å². The van der Waals surface area contributed by atoms with Crippen LogP contribution in [-0.2, 0) is 9.47 Å². The maximum absolute atomic E-state index is 12.8. The number of carbonyl (C=O) groups excluding carboxylic acids is 1. The standard InChI is InChI=1S/C28H54BrNO3/c1-7-8-9-10-11-12-13-14-15-16-17-18-19-20-21-22-25-24(23-29)30(28(5,6)32-25)26(31)33-27(2,3)4/h24-25H,7-23H2,1-6H3/t24-,25+/m0/s1. The molecule has 0 aromatic rings. The van der Waals surface area contributed by atoms with Crippen molar-refractivity contribution in [2.75, 3.05) is 5.33 Å². The van der Waals surface area contributed by atoms with Crippen LogP contribution in [0.4, 0.5) is 4.79 Å². The molecule has 0 aromatic carbocycles. The van der Waals surface area contributed by atoms with Gasteiger partial charge in [0.15, 0.2) is 0 Å². The Bertz CT molecular complexity index is 518. The molecule has 1 aliphatic rings. The second kappa shape index (κ2) is 16.4. The Labute approximate surface area is 214 Å². The largest absolute Gasteiger partial charge is 0.444 e. The number of hydrogen-bond donors (Lipinski definition) is 0. The highest BCUT2D eigenvalue weighted by molar-refractivity contribution is 9.09. The summed E-state index contributed by atoms with van der Waals surface area (Å²) in [5, 5.41) is 0.707. The summed E-state index contributed by atoms with van der Waals surface area (Å²) in [5.41, 5.74) is -1.14. The number of amides is 1. The fourth-order valence-corrected chi connectivity index (χ4v) is 5.58. The minimum absolute atomic E-state index is 0.0153. The van der Waals surface area contributed by atoms with Crippen LogP contribution in [-0.4, -0.2) is 39.8 Å². The Balaban J connectivity index is 2.14. The first kappa shape index (κ1) is 30.7. The van der Waals surface area contributed by atoms with Crippen LogP contribution in [0.1, 0.15) is 144 Å². The van der Waals surface area contributed by atoms with Gasteiger partial charge in [-0.25, -0.2) is 4.79 Å². The Hall–Kier alpha value is -0.290. The molecule has 2 atom stereocenters. The molecule has 5 heteroatoms. The van der Waals surface area contributed by atoms with Crippen molar-refractivity contribution in [2.45, 2.75) is 168 Å². The predicted molar refractivity (Wildman–Crippen MR) is 144 cm³/mol. The number of rotatable bonds is 17. The summed E-state index contributed by atoms with van der Waals surface area (Å²) in [5.74, 6) is 0. The van der Waals surface area contributed by atoms with E-state index in [1.54, 1.807) is 4.90 Å². The van der Waals surface area contributed by atoms with E-state index in [1.807, 2.05) is 34.6 Å². The van der Waals surface area contributed by atoms with Gasteiger partial charge in [-0.2, -0.15) is 0 Å². The highest BCUT2D eigenvalue weighted by Crippen LogP contribution is 2.36. The van der Waals surface area contributed by atoms with Gasteiger partial charge >= 0.3 is 6.09 Å². The zero-order valence-electron chi connectivity index (χ0n) is 22.7. The van der Waals surface area contributed by atoms with Gasteiger partial charge in [0.25, 0.3) is 0 Å². The van der Waals surface area contributed by atoms with Crippen molar-refractivity contribution < 1.29 is 14.3 Å². The van der Waals surface area contributed by atoms with E-state index in [9.17, 15) is 4.79 Å². The molecule has 33 heavy (non-hydrogen) atoms. The van der Waals surface area contributed by atoms with Crippen molar-refractivity contribution >= 4 is 22.0 Å². The molecular formula is C28H54BrNO3. The fraction of sp³-hybridized carbons (Fsp3) is 0.964. The molecule has 1 aliphatic heterocycles. The summed E-state index contributed by atoms with van der Waals surface area (Å²) in [7, 11) is 0. The summed E-state index contributed by atoms with van der Waals surface area (Å²) in [6.45, 7) is 11.9. The maximum atomic E-state index is 12.8. The molecule has 0 unspecified atom stereocenters. The molecule has 1 rings (SSSR count). The molecule has 0 radical (unpaired) electrons. The normalized spacial score (nSPS) is 20.4. The van der Waals surface area contributed by atoms with Gasteiger partial charge in [0, 0.05) is 5.33 Å². The van der Waals surface area contributed by atoms with E-state index in [1.165, 1.54) is 89.9 Å². The van der Waals surface area contributed by atoms with Gasteiger partial charge in [-0.3, -0.25) is 4.90 Å². The smallest absolute Gasteiger partial charge is 0.412 e. The summed E-state index contributed by atoms with van der Waals surface area (Å²) < 4.78 is 12.0. The van der Waals surface area contributed by atoms with E-state index in [0.717, 1.165) is 12.8 Å². The van der Waals surface area contributed by atoms with E-state index in [0.29, 0.717) is 5.33 Å². The lowest BCUT2D eigenvalue weighted by atomic mass is 10.0. The summed E-state index contributed by atoms with van der Waals surface area (Å²) in [4.78, 5) is 14.6. The number of ether oxygens (including phenoxy) is 2. The van der Waals surface area contributed by atoms with Gasteiger partial charge in [0.2, 0.25) is 0 Å². The molecule has 0 aromatic heterocycles. The number of carbonyl (C=O) groups is 1. The molecule has 196 valence electrons. The zero-order valence-corrected chi connectivity index (χ0v) is 24.3. The van der Waals surface area contributed by atoms with Crippen LogP contribution in [0.2, 0.25) is 0 Å². The van der Waals surface area contributed by atoms with Crippen molar-refractivity contribution in [3.8, 4) is 0 Å². The lowest BCUT2D eigenvalue weighted by molar-refractivity contribution is -0.0799. The summed E-state index contributed by atoms with van der Waals surface area (Å²) in [6, 6.07) is 0.0153. The lowest BCUT2D eigenvalue weighted by Gasteiger charge is -2.34. The van der Waals surface area contributed by atoms with Gasteiger partial charge in [-0.05, 0) is 41.0 Å². The van der Waals surface area contributed by atoms with Crippen molar-refractivity contribution in [3.63, 3.8) is 0 Å². The van der Waals surface area contributed by atoms with Crippen LogP contribution in [0.15, 0.2) is 0 Å². The quantitative estimate of drug-likeness (QED) is 0.138. The van der Waals surface area contributed by atoms with Crippen LogP contribution in [0.3, 0.4) is 0 Å². The average Bonchev–Trinajstić information content (AvgIpc) is 2.99. The van der Waals surface area contributed by atoms with E-state index >= 15 is 0 Å².